The number of halogens is 1. The molecule has 0 aliphatic heterocycles. The third kappa shape index (κ3) is 3.44. The molecule has 1 unspecified atom stereocenters. The zero-order valence-corrected chi connectivity index (χ0v) is 11.3. The van der Waals surface area contributed by atoms with Crippen LogP contribution >= 0.6 is 0 Å². The predicted molar refractivity (Wildman–Crippen MR) is 75.6 cm³/mol. The number of aromatic nitrogens is 1. The van der Waals surface area contributed by atoms with Gasteiger partial charge in [-0.2, -0.15) is 0 Å². The average molecular weight is 291 g/mol. The van der Waals surface area contributed by atoms with Crippen molar-refractivity contribution in [1.29, 1.82) is 0 Å². The molecule has 0 bridgehead atoms. The monoisotopic (exact) mass is 291 g/mol. The molecule has 2 N–H and O–H groups in total. The van der Waals surface area contributed by atoms with E-state index in [1.165, 1.54) is 24.3 Å². The molecule has 1 aromatic carbocycles. The van der Waals surface area contributed by atoms with Crippen molar-refractivity contribution >= 4 is 11.4 Å². The van der Waals surface area contributed by atoms with E-state index in [0.717, 1.165) is 12.3 Å². The maximum atomic E-state index is 12.9. The van der Waals surface area contributed by atoms with E-state index in [1.54, 1.807) is 0 Å². The van der Waals surface area contributed by atoms with Crippen LogP contribution in [0.2, 0.25) is 0 Å². The molecule has 110 valence electrons. The molecule has 0 aliphatic carbocycles. The Balaban J connectivity index is 2.30. The van der Waals surface area contributed by atoms with Gasteiger partial charge in [-0.15, -0.1) is 0 Å². The van der Waals surface area contributed by atoms with Crippen LogP contribution in [0.3, 0.4) is 0 Å². The molecule has 0 spiro atoms. The van der Waals surface area contributed by atoms with Crippen molar-refractivity contribution < 1.29 is 14.4 Å². The van der Waals surface area contributed by atoms with Gasteiger partial charge in [0.2, 0.25) is 0 Å². The van der Waals surface area contributed by atoms with Gasteiger partial charge < -0.3 is 10.4 Å². The zero-order chi connectivity index (χ0) is 15.4. The Morgan fingerprint density at radius 1 is 1.43 bits per heavy atom. The van der Waals surface area contributed by atoms with E-state index in [-0.39, 0.29) is 23.2 Å². The van der Waals surface area contributed by atoms with Gasteiger partial charge in [0.15, 0.2) is 0 Å². The Kier molecular flexibility index (Phi) is 4.32. The van der Waals surface area contributed by atoms with Crippen LogP contribution in [0.15, 0.2) is 36.5 Å². The smallest absolute Gasteiger partial charge is 0.296 e. The van der Waals surface area contributed by atoms with Gasteiger partial charge in [0.1, 0.15) is 17.3 Å². The second-order valence-corrected chi connectivity index (χ2v) is 4.47. The van der Waals surface area contributed by atoms with Gasteiger partial charge in [-0.25, -0.2) is 4.39 Å². The molecular formula is C14H14FN3O3. The number of pyridine rings is 1. The lowest BCUT2D eigenvalue weighted by Gasteiger charge is -2.17. The van der Waals surface area contributed by atoms with Crippen molar-refractivity contribution in [3.63, 3.8) is 0 Å². The van der Waals surface area contributed by atoms with Gasteiger partial charge in [0.25, 0.3) is 5.69 Å². The first-order valence-corrected chi connectivity index (χ1v) is 6.36. The minimum absolute atomic E-state index is 0.180. The lowest BCUT2D eigenvalue weighted by Crippen LogP contribution is -2.12. The van der Waals surface area contributed by atoms with Crippen molar-refractivity contribution in [3.05, 3.63) is 58.2 Å². The number of hydrogen-bond donors (Lipinski definition) is 2. The molecular weight excluding hydrogens is 277 g/mol. The highest BCUT2D eigenvalue weighted by Crippen LogP contribution is 2.31. The molecule has 0 fully saturated rings. The number of aromatic hydroxyl groups is 1. The van der Waals surface area contributed by atoms with Crippen LogP contribution in [0.5, 0.6) is 5.75 Å². The van der Waals surface area contributed by atoms with Gasteiger partial charge >= 0.3 is 0 Å². The van der Waals surface area contributed by atoms with Gasteiger partial charge in [0.05, 0.1) is 28.9 Å². The summed E-state index contributed by atoms with van der Waals surface area (Å²) in [5.74, 6) is -0.621. The molecule has 1 atom stereocenters. The van der Waals surface area contributed by atoms with Gasteiger partial charge in [-0.05, 0) is 30.7 Å². The Labute approximate surface area is 120 Å². The van der Waals surface area contributed by atoms with E-state index in [4.69, 9.17) is 0 Å². The zero-order valence-electron chi connectivity index (χ0n) is 11.3. The number of nitro benzene ring substituents is 1. The topological polar surface area (TPSA) is 88.3 Å². The third-order valence-electron chi connectivity index (χ3n) is 3.02. The van der Waals surface area contributed by atoms with Crippen molar-refractivity contribution in [2.24, 2.45) is 0 Å². The third-order valence-corrected chi connectivity index (χ3v) is 3.02. The summed E-state index contributed by atoms with van der Waals surface area (Å²) in [6, 6.07) is 6.39. The highest BCUT2D eigenvalue weighted by atomic mass is 19.1. The van der Waals surface area contributed by atoms with Gasteiger partial charge in [-0.1, -0.05) is 6.92 Å². The summed E-state index contributed by atoms with van der Waals surface area (Å²) >= 11 is 0. The summed E-state index contributed by atoms with van der Waals surface area (Å²) in [5, 5.41) is 23.4. The lowest BCUT2D eigenvalue weighted by molar-refractivity contribution is -0.384. The molecule has 6 nitrogen and oxygen atoms in total. The first-order valence-electron chi connectivity index (χ1n) is 6.36. The number of nitrogens with one attached hydrogen (secondary N) is 1. The molecule has 7 heteroatoms. The summed E-state index contributed by atoms with van der Waals surface area (Å²) in [6.07, 6.45) is 1.71. The number of phenols is 1. The Morgan fingerprint density at radius 2 is 2.19 bits per heavy atom. The van der Waals surface area contributed by atoms with Crippen molar-refractivity contribution in [3.8, 4) is 5.75 Å². The number of anilines is 1. The molecule has 21 heavy (non-hydrogen) atoms. The summed E-state index contributed by atoms with van der Waals surface area (Å²) in [5.41, 5.74) is 0.632. The van der Waals surface area contributed by atoms with E-state index < -0.39 is 10.7 Å². The highest BCUT2D eigenvalue weighted by molar-refractivity contribution is 5.64. The summed E-state index contributed by atoms with van der Waals surface area (Å²) in [6.45, 7) is 1.88. The highest BCUT2D eigenvalue weighted by Gasteiger charge is 2.19. The maximum absolute atomic E-state index is 12.9. The van der Waals surface area contributed by atoms with Crippen LogP contribution in [0.25, 0.3) is 0 Å². The fourth-order valence-electron chi connectivity index (χ4n) is 1.96. The number of nitrogens with zero attached hydrogens (tertiary/aromatic N) is 2. The van der Waals surface area contributed by atoms with Crippen LogP contribution in [0, 0.1) is 15.9 Å². The number of nitro groups is 1. The van der Waals surface area contributed by atoms with Gasteiger partial charge in [-0.3, -0.25) is 15.1 Å². The average Bonchev–Trinajstić information content (AvgIpc) is 2.47. The number of hydrogen-bond acceptors (Lipinski definition) is 5. The van der Waals surface area contributed by atoms with E-state index in [0.29, 0.717) is 12.1 Å². The maximum Gasteiger partial charge on any atom is 0.296 e. The second kappa shape index (κ2) is 6.17. The molecule has 1 heterocycles. The Morgan fingerprint density at radius 3 is 2.76 bits per heavy atom. The van der Waals surface area contributed by atoms with Crippen molar-refractivity contribution in [1.82, 2.24) is 4.98 Å². The van der Waals surface area contributed by atoms with Gasteiger partial charge in [0, 0.05) is 0 Å². The quantitative estimate of drug-likeness (QED) is 0.500. The Bertz CT molecular complexity index is 646. The molecule has 0 aliphatic rings. The van der Waals surface area contributed by atoms with E-state index in [9.17, 15) is 19.6 Å². The van der Waals surface area contributed by atoms with E-state index in [2.05, 4.69) is 10.3 Å². The summed E-state index contributed by atoms with van der Waals surface area (Å²) in [4.78, 5) is 14.4. The standard InChI is InChI=1S/C14H14FN3O3/c1-2-11(12-5-3-9(15)8-16-12)17-13-6-4-10(19)7-14(13)18(20)21/h3-8,11,17,19H,2H2,1H3. The minimum atomic E-state index is -0.577. The minimum Gasteiger partial charge on any atom is -0.508 e. The van der Waals surface area contributed by atoms with Crippen LogP contribution in [0.1, 0.15) is 25.1 Å². The molecule has 2 rings (SSSR count). The second-order valence-electron chi connectivity index (χ2n) is 4.47. The number of phenolic OH excluding ortho intramolecular Hbond substituents is 1. The molecule has 2 aromatic rings. The Hall–Kier alpha value is -2.70. The number of rotatable bonds is 5. The molecule has 0 saturated heterocycles. The van der Waals surface area contributed by atoms with Crippen molar-refractivity contribution in [2.45, 2.75) is 19.4 Å². The number of benzene rings is 1. The van der Waals surface area contributed by atoms with E-state index in [1.807, 2.05) is 6.92 Å². The molecule has 0 amide bonds. The fourth-order valence-corrected chi connectivity index (χ4v) is 1.96. The summed E-state index contributed by atoms with van der Waals surface area (Å²) in [7, 11) is 0. The van der Waals surface area contributed by atoms with Crippen LogP contribution in [0.4, 0.5) is 15.8 Å². The van der Waals surface area contributed by atoms with Crippen LogP contribution in [-0.2, 0) is 0 Å². The summed E-state index contributed by atoms with van der Waals surface area (Å²) < 4.78 is 12.9. The molecule has 0 saturated carbocycles. The van der Waals surface area contributed by atoms with Crippen LogP contribution in [-0.4, -0.2) is 15.0 Å². The molecule has 0 radical (unpaired) electrons. The van der Waals surface area contributed by atoms with Crippen LogP contribution < -0.4 is 5.32 Å². The SMILES string of the molecule is CCC(Nc1ccc(O)cc1[N+](=O)[O-])c1ccc(F)cn1. The largest absolute Gasteiger partial charge is 0.508 e. The van der Waals surface area contributed by atoms with E-state index >= 15 is 0 Å². The first-order chi connectivity index (χ1) is 10.0. The lowest BCUT2D eigenvalue weighted by atomic mass is 10.1. The molecule has 1 aromatic heterocycles. The van der Waals surface area contributed by atoms with Crippen molar-refractivity contribution in [2.75, 3.05) is 5.32 Å². The first kappa shape index (κ1) is 14.7. The normalized spacial score (nSPS) is 11.9. The predicted octanol–water partition coefficient (Wildman–Crippen LogP) is 3.40. The fraction of sp³-hybridized carbons (Fsp3) is 0.214.